The normalized spacial score (nSPS) is 17.9. The fourth-order valence-electron chi connectivity index (χ4n) is 3.75. The van der Waals surface area contributed by atoms with Crippen molar-refractivity contribution >= 4 is 5.65 Å². The summed E-state index contributed by atoms with van der Waals surface area (Å²) in [4.78, 5) is 21.9. The molecular formula is C21H30N4O. The molecule has 1 aliphatic heterocycles. The molecule has 1 aliphatic rings. The third kappa shape index (κ3) is 3.68. The number of fused-ring (bicyclic) bond motifs is 1. The van der Waals surface area contributed by atoms with Gasteiger partial charge in [0.2, 0.25) is 0 Å². The summed E-state index contributed by atoms with van der Waals surface area (Å²) in [5, 5.41) is 0. The smallest absolute Gasteiger partial charge is 0.258 e. The number of likely N-dealkylation sites (tertiary alicyclic amines) is 1. The number of aromatic nitrogens is 2. The van der Waals surface area contributed by atoms with Crippen molar-refractivity contribution in [1.82, 2.24) is 19.2 Å². The van der Waals surface area contributed by atoms with Crippen LogP contribution in [0.5, 0.6) is 0 Å². The first kappa shape index (κ1) is 18.6. The molecule has 1 fully saturated rings. The van der Waals surface area contributed by atoms with Gasteiger partial charge in [0, 0.05) is 44.1 Å². The summed E-state index contributed by atoms with van der Waals surface area (Å²) < 4.78 is 1.69. The lowest BCUT2D eigenvalue weighted by Crippen LogP contribution is -2.35. The topological polar surface area (TPSA) is 40.9 Å². The maximum absolute atomic E-state index is 12.5. The summed E-state index contributed by atoms with van der Waals surface area (Å²) in [6.45, 7) is 12.1. The minimum absolute atomic E-state index is 0.00173. The minimum Gasteiger partial charge on any atom is -0.374 e. The molecule has 5 nitrogen and oxygen atoms in total. The van der Waals surface area contributed by atoms with E-state index in [1.54, 1.807) is 10.5 Å². The molecule has 26 heavy (non-hydrogen) atoms. The van der Waals surface area contributed by atoms with E-state index < -0.39 is 0 Å². The van der Waals surface area contributed by atoms with Gasteiger partial charge in [0.25, 0.3) is 5.56 Å². The van der Waals surface area contributed by atoms with Crippen LogP contribution in [-0.2, 0) is 6.54 Å². The van der Waals surface area contributed by atoms with E-state index in [9.17, 15) is 4.79 Å². The number of hydrogen-bond donors (Lipinski definition) is 0. The van der Waals surface area contributed by atoms with Crippen LogP contribution in [0.3, 0.4) is 0 Å². The molecule has 0 N–H and O–H groups in total. The molecule has 0 bridgehead atoms. The molecule has 3 rings (SSSR count). The molecule has 0 radical (unpaired) electrons. The van der Waals surface area contributed by atoms with Crippen LogP contribution in [-0.4, -0.2) is 45.9 Å². The van der Waals surface area contributed by atoms with Crippen molar-refractivity contribution in [2.45, 2.75) is 52.1 Å². The predicted molar refractivity (Wildman–Crippen MR) is 107 cm³/mol. The first-order valence-corrected chi connectivity index (χ1v) is 9.38. The van der Waals surface area contributed by atoms with Crippen molar-refractivity contribution in [2.24, 2.45) is 0 Å². The number of pyridine rings is 1. The zero-order chi connectivity index (χ0) is 19.0. The molecule has 3 heterocycles. The molecule has 1 saturated heterocycles. The number of rotatable bonds is 5. The van der Waals surface area contributed by atoms with E-state index in [2.05, 4.69) is 55.4 Å². The highest BCUT2D eigenvalue weighted by atomic mass is 16.1. The summed E-state index contributed by atoms with van der Waals surface area (Å²) in [7, 11) is 4.27. The Morgan fingerprint density at radius 3 is 2.73 bits per heavy atom. The fraction of sp³-hybridized carbons (Fsp3) is 0.524. The Morgan fingerprint density at radius 1 is 1.38 bits per heavy atom. The summed E-state index contributed by atoms with van der Waals surface area (Å²) in [5.41, 5.74) is 5.02. The van der Waals surface area contributed by atoms with Crippen LogP contribution >= 0.6 is 0 Å². The molecule has 2 aromatic heterocycles. The summed E-state index contributed by atoms with van der Waals surface area (Å²) in [6, 6.07) is 4.33. The average molecular weight is 354 g/mol. The van der Waals surface area contributed by atoms with E-state index in [-0.39, 0.29) is 11.5 Å². The Hall–Kier alpha value is -2.14. The summed E-state index contributed by atoms with van der Waals surface area (Å²) in [6.07, 6.45) is 4.19. The molecular weight excluding hydrogens is 324 g/mol. The van der Waals surface area contributed by atoms with E-state index in [0.29, 0.717) is 6.04 Å². The van der Waals surface area contributed by atoms with Crippen LogP contribution in [0.2, 0.25) is 0 Å². The maximum atomic E-state index is 12.5. The second-order valence-corrected chi connectivity index (χ2v) is 7.97. The Labute approximate surface area is 156 Å². The summed E-state index contributed by atoms with van der Waals surface area (Å²) >= 11 is 0. The highest BCUT2D eigenvalue weighted by Crippen LogP contribution is 2.24. The number of hydrogen-bond acceptors (Lipinski definition) is 4. The van der Waals surface area contributed by atoms with E-state index in [0.717, 1.165) is 48.4 Å². The van der Waals surface area contributed by atoms with Crippen molar-refractivity contribution in [3.05, 3.63) is 57.8 Å². The third-order valence-corrected chi connectivity index (χ3v) is 5.40. The number of aryl methyl sites for hydroxylation is 1. The second kappa shape index (κ2) is 7.23. The predicted octanol–water partition coefficient (Wildman–Crippen LogP) is 3.17. The molecule has 0 saturated carbocycles. The fourth-order valence-corrected chi connectivity index (χ4v) is 3.75. The van der Waals surface area contributed by atoms with Gasteiger partial charge in [0.15, 0.2) is 0 Å². The Morgan fingerprint density at radius 2 is 2.12 bits per heavy atom. The van der Waals surface area contributed by atoms with Crippen molar-refractivity contribution < 1.29 is 0 Å². The molecule has 0 amide bonds. The first-order valence-electron chi connectivity index (χ1n) is 9.38. The molecule has 1 atom stereocenters. The van der Waals surface area contributed by atoms with Crippen molar-refractivity contribution in [2.75, 3.05) is 20.6 Å². The van der Waals surface area contributed by atoms with E-state index in [4.69, 9.17) is 0 Å². The van der Waals surface area contributed by atoms with Crippen LogP contribution in [0, 0.1) is 6.92 Å². The van der Waals surface area contributed by atoms with Crippen LogP contribution in [0.1, 0.15) is 49.4 Å². The van der Waals surface area contributed by atoms with Gasteiger partial charge in [-0.3, -0.25) is 9.20 Å². The molecule has 2 aromatic rings. The highest BCUT2D eigenvalue weighted by Gasteiger charge is 2.24. The van der Waals surface area contributed by atoms with E-state index in [1.807, 2.05) is 13.1 Å². The van der Waals surface area contributed by atoms with Gasteiger partial charge in [-0.1, -0.05) is 20.4 Å². The zero-order valence-corrected chi connectivity index (χ0v) is 16.6. The average Bonchev–Trinajstić information content (AvgIpc) is 2.87. The van der Waals surface area contributed by atoms with E-state index >= 15 is 0 Å². The van der Waals surface area contributed by atoms with Gasteiger partial charge in [-0.05, 0) is 49.9 Å². The van der Waals surface area contributed by atoms with Crippen molar-refractivity contribution in [3.8, 4) is 0 Å². The number of allylic oxidation sites excluding steroid dienone is 1. The Bertz CT molecular complexity index is 883. The summed E-state index contributed by atoms with van der Waals surface area (Å²) in [5.74, 6) is 0.246. The number of nitrogens with zero attached hydrogens (tertiary/aromatic N) is 4. The third-order valence-electron chi connectivity index (χ3n) is 5.40. The first-order chi connectivity index (χ1) is 12.3. The monoisotopic (exact) mass is 354 g/mol. The zero-order valence-electron chi connectivity index (χ0n) is 16.6. The van der Waals surface area contributed by atoms with Crippen LogP contribution in [0.4, 0.5) is 0 Å². The molecule has 0 aliphatic carbocycles. The van der Waals surface area contributed by atoms with Gasteiger partial charge < -0.3 is 9.80 Å². The van der Waals surface area contributed by atoms with Gasteiger partial charge in [-0.2, -0.15) is 0 Å². The molecule has 140 valence electrons. The van der Waals surface area contributed by atoms with Gasteiger partial charge in [-0.15, -0.1) is 0 Å². The lowest BCUT2D eigenvalue weighted by molar-refractivity contribution is 0.231. The van der Waals surface area contributed by atoms with Crippen LogP contribution in [0.25, 0.3) is 5.65 Å². The van der Waals surface area contributed by atoms with Gasteiger partial charge in [-0.25, -0.2) is 4.98 Å². The molecule has 0 aromatic carbocycles. The van der Waals surface area contributed by atoms with Gasteiger partial charge in [0.1, 0.15) is 5.65 Å². The van der Waals surface area contributed by atoms with Gasteiger partial charge >= 0.3 is 0 Å². The highest BCUT2D eigenvalue weighted by molar-refractivity contribution is 5.49. The molecule has 0 unspecified atom stereocenters. The van der Waals surface area contributed by atoms with E-state index in [1.165, 1.54) is 5.70 Å². The maximum Gasteiger partial charge on any atom is 0.258 e. The molecule has 5 heteroatoms. The lowest BCUT2D eigenvalue weighted by atomic mass is 10.1. The van der Waals surface area contributed by atoms with Gasteiger partial charge in [0.05, 0.1) is 5.69 Å². The van der Waals surface area contributed by atoms with Crippen molar-refractivity contribution in [1.29, 1.82) is 0 Å². The lowest BCUT2D eigenvalue weighted by Gasteiger charge is -2.27. The quantitative estimate of drug-likeness (QED) is 0.827. The Kier molecular flexibility index (Phi) is 5.19. The van der Waals surface area contributed by atoms with Crippen LogP contribution in [0.15, 0.2) is 35.4 Å². The van der Waals surface area contributed by atoms with Crippen molar-refractivity contribution in [3.63, 3.8) is 0 Å². The molecule has 0 spiro atoms. The largest absolute Gasteiger partial charge is 0.374 e. The second-order valence-electron chi connectivity index (χ2n) is 7.97. The minimum atomic E-state index is -0.00173. The standard InChI is InChI=1S/C21H30N4O/c1-14(2)19-10-20(26)25-12-17(9-15(3)21(25)22-19)11-23(5)13-18-8-7-16(4)24(18)6/h9-10,12,14,18H,4,7-8,11,13H2,1-3,5-6H3/t18-/m1/s1. The van der Waals surface area contributed by atoms with Crippen LogP contribution < -0.4 is 5.56 Å². The SMILES string of the molecule is C=C1CC[C@H](CN(C)Cc2cc(C)c3nc(C(C)C)cc(=O)n3c2)N1C. The Balaban J connectivity index is 1.82. The number of likely N-dealkylation sites (N-methyl/N-ethyl adjacent to an activating group) is 2.